The summed E-state index contributed by atoms with van der Waals surface area (Å²) in [6, 6.07) is 8.24. The van der Waals surface area contributed by atoms with E-state index in [9.17, 15) is 4.79 Å². The topological polar surface area (TPSA) is 38.3 Å². The first-order chi connectivity index (χ1) is 9.97. The third-order valence-corrected chi connectivity index (χ3v) is 3.39. The molecule has 0 spiro atoms. The Kier molecular flexibility index (Phi) is 7.88. The molecule has 0 heterocycles. The van der Waals surface area contributed by atoms with E-state index >= 15 is 0 Å². The average molecular weight is 291 g/mol. The predicted molar refractivity (Wildman–Crippen MR) is 87.6 cm³/mol. The zero-order valence-electron chi connectivity index (χ0n) is 13.8. The van der Waals surface area contributed by atoms with Gasteiger partial charge in [0.25, 0.3) is 0 Å². The zero-order chi connectivity index (χ0) is 15.7. The Morgan fingerprint density at radius 2 is 2.00 bits per heavy atom. The van der Waals surface area contributed by atoms with Crippen LogP contribution in [0.25, 0.3) is 0 Å². The van der Waals surface area contributed by atoms with Crippen LogP contribution in [0.1, 0.15) is 52.0 Å². The molecule has 0 aliphatic heterocycles. The SMILES string of the molecule is Cc1cccc(OCCCC(=O)NC(C)CCC(C)C)c1. The summed E-state index contributed by atoms with van der Waals surface area (Å²) in [5, 5.41) is 3.05. The minimum Gasteiger partial charge on any atom is -0.494 e. The highest BCUT2D eigenvalue weighted by molar-refractivity contribution is 5.76. The van der Waals surface area contributed by atoms with Gasteiger partial charge in [-0.15, -0.1) is 0 Å². The minimum absolute atomic E-state index is 0.124. The lowest BCUT2D eigenvalue weighted by Crippen LogP contribution is -2.32. The lowest BCUT2D eigenvalue weighted by molar-refractivity contribution is -0.121. The van der Waals surface area contributed by atoms with Crippen molar-refractivity contribution in [3.05, 3.63) is 29.8 Å². The van der Waals surface area contributed by atoms with Crippen molar-refractivity contribution in [1.82, 2.24) is 5.32 Å². The summed E-state index contributed by atoms with van der Waals surface area (Å²) >= 11 is 0. The highest BCUT2D eigenvalue weighted by atomic mass is 16.5. The van der Waals surface area contributed by atoms with Crippen LogP contribution >= 0.6 is 0 Å². The summed E-state index contributed by atoms with van der Waals surface area (Å²) in [7, 11) is 0. The van der Waals surface area contributed by atoms with Crippen molar-refractivity contribution in [2.24, 2.45) is 5.92 Å². The van der Waals surface area contributed by atoms with Crippen molar-refractivity contribution < 1.29 is 9.53 Å². The van der Waals surface area contributed by atoms with Gasteiger partial charge in [0.1, 0.15) is 5.75 Å². The van der Waals surface area contributed by atoms with Crippen LogP contribution in [0.15, 0.2) is 24.3 Å². The lowest BCUT2D eigenvalue weighted by Gasteiger charge is -2.15. The molecule has 1 atom stereocenters. The molecule has 1 rings (SSSR count). The highest BCUT2D eigenvalue weighted by Crippen LogP contribution is 2.12. The molecule has 1 aromatic carbocycles. The highest BCUT2D eigenvalue weighted by Gasteiger charge is 2.08. The second-order valence-corrected chi connectivity index (χ2v) is 6.21. The smallest absolute Gasteiger partial charge is 0.220 e. The third-order valence-electron chi connectivity index (χ3n) is 3.39. The quantitative estimate of drug-likeness (QED) is 0.696. The summed E-state index contributed by atoms with van der Waals surface area (Å²) in [5.41, 5.74) is 1.18. The number of hydrogen-bond donors (Lipinski definition) is 1. The van der Waals surface area contributed by atoms with Crippen LogP contribution in [0.4, 0.5) is 0 Å². The molecule has 1 amide bonds. The molecule has 0 aromatic heterocycles. The predicted octanol–water partition coefficient (Wildman–Crippen LogP) is 4.09. The van der Waals surface area contributed by atoms with E-state index in [-0.39, 0.29) is 11.9 Å². The van der Waals surface area contributed by atoms with Gasteiger partial charge in [0.15, 0.2) is 0 Å². The van der Waals surface area contributed by atoms with Crippen LogP contribution in [-0.2, 0) is 4.79 Å². The summed E-state index contributed by atoms with van der Waals surface area (Å²) in [6.45, 7) is 9.11. The first-order valence-electron chi connectivity index (χ1n) is 7.96. The Bertz CT molecular complexity index is 429. The van der Waals surface area contributed by atoms with Crippen LogP contribution in [0, 0.1) is 12.8 Å². The fourth-order valence-corrected chi connectivity index (χ4v) is 2.13. The lowest BCUT2D eigenvalue weighted by atomic mass is 10.0. The maximum Gasteiger partial charge on any atom is 0.220 e. The maximum absolute atomic E-state index is 11.8. The minimum atomic E-state index is 0.124. The van der Waals surface area contributed by atoms with E-state index in [4.69, 9.17) is 4.74 Å². The number of nitrogens with one attached hydrogen (secondary N) is 1. The van der Waals surface area contributed by atoms with Gasteiger partial charge in [-0.3, -0.25) is 4.79 Å². The Hall–Kier alpha value is -1.51. The molecule has 1 N–H and O–H groups in total. The van der Waals surface area contributed by atoms with Gasteiger partial charge < -0.3 is 10.1 Å². The fourth-order valence-electron chi connectivity index (χ4n) is 2.13. The molecule has 21 heavy (non-hydrogen) atoms. The van der Waals surface area contributed by atoms with Crippen molar-refractivity contribution in [2.75, 3.05) is 6.61 Å². The van der Waals surface area contributed by atoms with Crippen molar-refractivity contribution in [1.29, 1.82) is 0 Å². The van der Waals surface area contributed by atoms with E-state index in [1.807, 2.05) is 31.2 Å². The first-order valence-corrected chi connectivity index (χ1v) is 7.96. The Labute approximate surface area is 129 Å². The molecule has 118 valence electrons. The summed E-state index contributed by atoms with van der Waals surface area (Å²) in [5.74, 6) is 1.69. The third kappa shape index (κ3) is 8.38. The summed E-state index contributed by atoms with van der Waals surface area (Å²) in [6.07, 6.45) is 3.47. The second-order valence-electron chi connectivity index (χ2n) is 6.21. The average Bonchev–Trinajstić information content (AvgIpc) is 2.41. The molecule has 0 aliphatic rings. The van der Waals surface area contributed by atoms with Crippen molar-refractivity contribution in [3.8, 4) is 5.75 Å². The van der Waals surface area contributed by atoms with Crippen molar-refractivity contribution in [3.63, 3.8) is 0 Å². The zero-order valence-corrected chi connectivity index (χ0v) is 13.8. The Balaban J connectivity index is 2.13. The molecule has 0 saturated carbocycles. The van der Waals surface area contributed by atoms with Gasteiger partial charge in [-0.1, -0.05) is 26.0 Å². The molecular formula is C18H29NO2. The van der Waals surface area contributed by atoms with E-state index in [0.717, 1.165) is 25.0 Å². The van der Waals surface area contributed by atoms with Gasteiger partial charge >= 0.3 is 0 Å². The van der Waals surface area contributed by atoms with Gasteiger partial charge in [-0.2, -0.15) is 0 Å². The number of hydrogen-bond acceptors (Lipinski definition) is 2. The van der Waals surface area contributed by atoms with Crippen LogP contribution in [0.3, 0.4) is 0 Å². The summed E-state index contributed by atoms with van der Waals surface area (Å²) in [4.78, 5) is 11.8. The largest absolute Gasteiger partial charge is 0.494 e. The molecule has 1 aromatic rings. The maximum atomic E-state index is 11.8. The molecule has 1 unspecified atom stereocenters. The Morgan fingerprint density at radius 3 is 2.67 bits per heavy atom. The molecule has 0 aliphatic carbocycles. The van der Waals surface area contributed by atoms with E-state index in [0.29, 0.717) is 18.9 Å². The van der Waals surface area contributed by atoms with E-state index in [1.165, 1.54) is 5.56 Å². The van der Waals surface area contributed by atoms with E-state index in [2.05, 4.69) is 26.1 Å². The number of aryl methyl sites for hydroxylation is 1. The molecule has 3 nitrogen and oxygen atoms in total. The van der Waals surface area contributed by atoms with Crippen LogP contribution in [-0.4, -0.2) is 18.6 Å². The normalized spacial score (nSPS) is 12.2. The standard InChI is InChI=1S/C18H29NO2/c1-14(2)10-11-16(4)19-18(20)9-6-12-21-17-8-5-7-15(3)13-17/h5,7-8,13-14,16H,6,9-12H2,1-4H3,(H,19,20). The second kappa shape index (κ2) is 9.43. The fraction of sp³-hybridized carbons (Fsp3) is 0.611. The number of ether oxygens (including phenoxy) is 1. The molecule has 0 fully saturated rings. The number of carbonyl (C=O) groups excluding carboxylic acids is 1. The van der Waals surface area contributed by atoms with Gasteiger partial charge in [0.2, 0.25) is 5.91 Å². The number of carbonyl (C=O) groups is 1. The molecule has 0 radical (unpaired) electrons. The number of rotatable bonds is 9. The van der Waals surface area contributed by atoms with Crippen molar-refractivity contribution >= 4 is 5.91 Å². The van der Waals surface area contributed by atoms with Crippen LogP contribution in [0.5, 0.6) is 5.75 Å². The monoisotopic (exact) mass is 291 g/mol. The van der Waals surface area contributed by atoms with E-state index in [1.54, 1.807) is 0 Å². The van der Waals surface area contributed by atoms with Gasteiger partial charge in [0, 0.05) is 12.5 Å². The molecule has 0 bridgehead atoms. The van der Waals surface area contributed by atoms with Crippen LogP contribution in [0.2, 0.25) is 0 Å². The van der Waals surface area contributed by atoms with Crippen molar-refractivity contribution in [2.45, 2.75) is 59.4 Å². The van der Waals surface area contributed by atoms with Gasteiger partial charge in [-0.25, -0.2) is 0 Å². The number of amides is 1. The Morgan fingerprint density at radius 1 is 1.24 bits per heavy atom. The molecular weight excluding hydrogens is 262 g/mol. The van der Waals surface area contributed by atoms with Gasteiger partial charge in [-0.05, 0) is 56.7 Å². The van der Waals surface area contributed by atoms with E-state index < -0.39 is 0 Å². The molecule has 3 heteroatoms. The molecule has 0 saturated heterocycles. The van der Waals surface area contributed by atoms with Crippen LogP contribution < -0.4 is 10.1 Å². The summed E-state index contributed by atoms with van der Waals surface area (Å²) < 4.78 is 5.64. The number of benzene rings is 1. The first kappa shape index (κ1) is 17.5. The van der Waals surface area contributed by atoms with Gasteiger partial charge in [0.05, 0.1) is 6.61 Å².